The van der Waals surface area contributed by atoms with Crippen molar-refractivity contribution in [3.8, 4) is 0 Å². The van der Waals surface area contributed by atoms with Gasteiger partial charge in [-0.25, -0.2) is 8.42 Å². The number of rotatable bonds is 4. The van der Waals surface area contributed by atoms with Gasteiger partial charge in [-0.05, 0) is 67.6 Å². The molecule has 2 aromatic carbocycles. The molecule has 1 saturated heterocycles. The second-order valence-electron chi connectivity index (χ2n) is 6.99. The molecule has 0 spiro atoms. The van der Waals surface area contributed by atoms with Crippen LogP contribution in [0.1, 0.15) is 29.5 Å². The zero-order valence-corrected chi connectivity index (χ0v) is 17.5. The summed E-state index contributed by atoms with van der Waals surface area (Å²) in [6.07, 6.45) is 0.642. The van der Waals surface area contributed by atoms with Gasteiger partial charge in [-0.15, -0.1) is 0 Å². The number of nitrogens with zero attached hydrogens (tertiary/aromatic N) is 1. The fourth-order valence-corrected chi connectivity index (χ4v) is 5.57. The fraction of sp³-hybridized carbons (Fsp3) is 0.350. The minimum Gasteiger partial charge on any atom is -0.280 e. The highest BCUT2D eigenvalue weighted by molar-refractivity contribution is 7.89. The SMILES string of the molecule is Cc1ccc(S(=O)(=O)N2CCC(C(=O)Cl)(c3cccc(Cl)c3C)CC2)cc1. The first-order valence-electron chi connectivity index (χ1n) is 8.71. The molecular formula is C20H21Cl2NO3S. The molecule has 0 amide bonds. The maximum atomic E-state index is 12.9. The first kappa shape index (κ1) is 20.3. The van der Waals surface area contributed by atoms with Crippen LogP contribution in [-0.2, 0) is 20.2 Å². The Balaban J connectivity index is 1.90. The Bertz CT molecular complexity index is 963. The second-order valence-corrected chi connectivity index (χ2v) is 9.67. The molecule has 0 unspecified atom stereocenters. The van der Waals surface area contributed by atoms with Gasteiger partial charge in [0, 0.05) is 18.1 Å². The van der Waals surface area contributed by atoms with Crippen molar-refractivity contribution in [3.63, 3.8) is 0 Å². The van der Waals surface area contributed by atoms with Crippen LogP contribution < -0.4 is 0 Å². The summed E-state index contributed by atoms with van der Waals surface area (Å²) in [6.45, 7) is 4.21. The average Bonchev–Trinajstić information content (AvgIpc) is 2.64. The Hall–Kier alpha value is -1.40. The summed E-state index contributed by atoms with van der Waals surface area (Å²) < 4.78 is 27.3. The van der Waals surface area contributed by atoms with Gasteiger partial charge in [0.15, 0.2) is 0 Å². The number of piperidine rings is 1. The van der Waals surface area contributed by atoms with Gasteiger partial charge in [-0.2, -0.15) is 4.31 Å². The molecule has 144 valence electrons. The third kappa shape index (κ3) is 3.66. The van der Waals surface area contributed by atoms with Gasteiger partial charge >= 0.3 is 0 Å². The molecule has 0 bridgehead atoms. The Morgan fingerprint density at radius 1 is 1.04 bits per heavy atom. The predicted octanol–water partition coefficient (Wildman–Crippen LogP) is 4.44. The van der Waals surface area contributed by atoms with Crippen LogP contribution in [0.3, 0.4) is 0 Å². The number of aryl methyl sites for hydroxylation is 1. The molecule has 7 heteroatoms. The monoisotopic (exact) mass is 425 g/mol. The summed E-state index contributed by atoms with van der Waals surface area (Å²) in [4.78, 5) is 12.7. The fourth-order valence-electron chi connectivity index (χ4n) is 3.67. The van der Waals surface area contributed by atoms with Crippen molar-refractivity contribution < 1.29 is 13.2 Å². The van der Waals surface area contributed by atoms with E-state index in [-0.39, 0.29) is 18.0 Å². The molecule has 0 aliphatic carbocycles. The van der Waals surface area contributed by atoms with Gasteiger partial charge in [0.05, 0.1) is 10.3 Å². The van der Waals surface area contributed by atoms with E-state index in [1.54, 1.807) is 36.4 Å². The number of carbonyl (C=O) groups is 1. The third-order valence-corrected chi connectivity index (χ3v) is 8.08. The Morgan fingerprint density at radius 3 is 2.19 bits per heavy atom. The smallest absolute Gasteiger partial charge is 0.243 e. The number of hydrogen-bond acceptors (Lipinski definition) is 3. The highest BCUT2D eigenvalue weighted by atomic mass is 35.5. The molecule has 4 nitrogen and oxygen atoms in total. The van der Waals surface area contributed by atoms with Gasteiger partial charge in [0.2, 0.25) is 15.3 Å². The van der Waals surface area contributed by atoms with Crippen LogP contribution in [0.2, 0.25) is 5.02 Å². The number of carbonyl (C=O) groups excluding carboxylic acids is 1. The van der Waals surface area contributed by atoms with Gasteiger partial charge in [-0.1, -0.05) is 41.4 Å². The number of hydrogen-bond donors (Lipinski definition) is 0. The first-order chi connectivity index (χ1) is 12.7. The van der Waals surface area contributed by atoms with Crippen molar-refractivity contribution in [1.82, 2.24) is 4.31 Å². The lowest BCUT2D eigenvalue weighted by Gasteiger charge is -2.40. The van der Waals surface area contributed by atoms with E-state index in [2.05, 4.69) is 0 Å². The van der Waals surface area contributed by atoms with E-state index < -0.39 is 20.7 Å². The van der Waals surface area contributed by atoms with Crippen molar-refractivity contribution >= 4 is 38.5 Å². The summed E-state index contributed by atoms with van der Waals surface area (Å²) in [7, 11) is -3.60. The lowest BCUT2D eigenvalue weighted by molar-refractivity contribution is -0.118. The molecular weight excluding hydrogens is 405 g/mol. The molecule has 1 heterocycles. The van der Waals surface area contributed by atoms with Crippen LogP contribution in [0.25, 0.3) is 0 Å². The molecule has 2 aromatic rings. The van der Waals surface area contributed by atoms with Crippen LogP contribution in [-0.4, -0.2) is 31.1 Å². The summed E-state index contributed by atoms with van der Waals surface area (Å²) in [5, 5.41) is 0.0970. The van der Waals surface area contributed by atoms with E-state index in [9.17, 15) is 13.2 Å². The largest absolute Gasteiger partial charge is 0.280 e. The molecule has 1 aliphatic rings. The summed E-state index contributed by atoms with van der Waals surface area (Å²) in [6, 6.07) is 12.2. The van der Waals surface area contributed by atoms with Gasteiger partial charge in [0.1, 0.15) is 0 Å². The third-order valence-electron chi connectivity index (χ3n) is 5.39. The normalized spacial score (nSPS) is 17.6. The minimum atomic E-state index is -3.60. The average molecular weight is 426 g/mol. The van der Waals surface area contributed by atoms with Crippen LogP contribution in [0.5, 0.6) is 0 Å². The molecule has 1 fully saturated rings. The zero-order valence-electron chi connectivity index (χ0n) is 15.2. The molecule has 0 aromatic heterocycles. The van der Waals surface area contributed by atoms with Crippen LogP contribution in [0.4, 0.5) is 0 Å². The second kappa shape index (κ2) is 7.55. The van der Waals surface area contributed by atoms with Crippen molar-refractivity contribution in [1.29, 1.82) is 0 Å². The van der Waals surface area contributed by atoms with E-state index in [0.717, 1.165) is 16.7 Å². The molecule has 1 aliphatic heterocycles. The van der Waals surface area contributed by atoms with Gasteiger partial charge in [-0.3, -0.25) is 4.79 Å². The Labute approximate surface area is 170 Å². The van der Waals surface area contributed by atoms with Crippen molar-refractivity contribution in [3.05, 3.63) is 64.2 Å². The first-order valence-corrected chi connectivity index (χ1v) is 10.9. The molecule has 0 N–H and O–H groups in total. The van der Waals surface area contributed by atoms with Gasteiger partial charge < -0.3 is 0 Å². The molecule has 27 heavy (non-hydrogen) atoms. The number of benzene rings is 2. The molecule has 3 rings (SSSR count). The molecule has 0 atom stereocenters. The van der Waals surface area contributed by atoms with Crippen molar-refractivity contribution in [2.75, 3.05) is 13.1 Å². The van der Waals surface area contributed by atoms with E-state index >= 15 is 0 Å². The molecule has 0 saturated carbocycles. The molecule has 0 radical (unpaired) electrons. The predicted molar refractivity (Wildman–Crippen MR) is 108 cm³/mol. The Morgan fingerprint density at radius 2 is 1.63 bits per heavy atom. The van der Waals surface area contributed by atoms with Crippen molar-refractivity contribution in [2.24, 2.45) is 0 Å². The lowest BCUT2D eigenvalue weighted by atomic mass is 9.72. The summed E-state index contributed by atoms with van der Waals surface area (Å²) in [5.74, 6) is 0. The van der Waals surface area contributed by atoms with E-state index in [0.29, 0.717) is 17.9 Å². The maximum Gasteiger partial charge on any atom is 0.243 e. The number of sulfonamides is 1. The summed E-state index contributed by atoms with van der Waals surface area (Å²) in [5.41, 5.74) is 1.66. The van der Waals surface area contributed by atoms with Gasteiger partial charge in [0.25, 0.3) is 0 Å². The van der Waals surface area contributed by atoms with Crippen LogP contribution in [0.15, 0.2) is 47.4 Å². The number of halogens is 2. The summed E-state index contributed by atoms with van der Waals surface area (Å²) >= 11 is 12.3. The van der Waals surface area contributed by atoms with E-state index in [1.807, 2.05) is 19.9 Å². The standard InChI is InChI=1S/C20H21Cl2NO3S/c1-14-6-8-16(9-7-14)27(25,26)23-12-10-20(11-13-23,19(22)24)17-4-3-5-18(21)15(17)2/h3-9H,10-13H2,1-2H3. The Kier molecular flexibility index (Phi) is 5.69. The van der Waals surface area contributed by atoms with E-state index in [1.165, 1.54) is 4.31 Å². The minimum absolute atomic E-state index is 0.223. The highest BCUT2D eigenvalue weighted by Gasteiger charge is 2.45. The van der Waals surface area contributed by atoms with Crippen LogP contribution in [0, 0.1) is 13.8 Å². The van der Waals surface area contributed by atoms with Crippen LogP contribution >= 0.6 is 23.2 Å². The topological polar surface area (TPSA) is 54.5 Å². The maximum absolute atomic E-state index is 12.9. The van der Waals surface area contributed by atoms with Crippen molar-refractivity contribution in [2.45, 2.75) is 37.0 Å². The zero-order chi connectivity index (χ0) is 19.8. The lowest BCUT2D eigenvalue weighted by Crippen LogP contribution is -2.48. The quantitative estimate of drug-likeness (QED) is 0.679. The van der Waals surface area contributed by atoms with E-state index in [4.69, 9.17) is 23.2 Å². The highest BCUT2D eigenvalue weighted by Crippen LogP contribution is 2.41.